The van der Waals surface area contributed by atoms with Crippen molar-refractivity contribution in [2.45, 2.75) is 20.0 Å². The van der Waals surface area contributed by atoms with Gasteiger partial charge in [0, 0.05) is 11.6 Å². The molecule has 0 spiro atoms. The van der Waals surface area contributed by atoms with E-state index in [4.69, 9.17) is 14.6 Å². The van der Waals surface area contributed by atoms with E-state index in [-0.39, 0.29) is 6.10 Å². The normalized spacial score (nSPS) is 11.2. The highest BCUT2D eigenvalue weighted by atomic mass is 79.9. The van der Waals surface area contributed by atoms with Crippen LogP contribution >= 0.6 is 15.9 Å². The molecule has 0 saturated carbocycles. The average molecular weight is 329 g/mol. The molecule has 4 nitrogen and oxygen atoms in total. The lowest BCUT2D eigenvalue weighted by molar-refractivity contribution is -0.131. The minimum absolute atomic E-state index is 0.161. The van der Waals surface area contributed by atoms with Gasteiger partial charge in [0.2, 0.25) is 0 Å². The maximum atomic E-state index is 10.5. The number of hydrogen-bond donors (Lipinski definition) is 1. The number of aliphatic carboxylic acids is 1. The van der Waals surface area contributed by atoms with Crippen molar-refractivity contribution in [3.8, 4) is 5.75 Å². The highest BCUT2D eigenvalue weighted by molar-refractivity contribution is 9.10. The maximum Gasteiger partial charge on any atom is 0.328 e. The molecule has 104 valence electrons. The van der Waals surface area contributed by atoms with Gasteiger partial charge in [-0.05, 0) is 41.9 Å². The van der Waals surface area contributed by atoms with Crippen LogP contribution in [0.1, 0.15) is 19.4 Å². The average Bonchev–Trinajstić information content (AvgIpc) is 2.33. The molecule has 1 N–H and O–H groups in total. The second-order valence-electron chi connectivity index (χ2n) is 4.10. The smallest absolute Gasteiger partial charge is 0.328 e. The first-order valence-corrected chi connectivity index (χ1v) is 6.74. The Morgan fingerprint density at radius 2 is 2.16 bits per heavy atom. The Morgan fingerprint density at radius 1 is 1.42 bits per heavy atom. The van der Waals surface area contributed by atoms with E-state index in [0.29, 0.717) is 24.5 Å². The number of rotatable bonds is 7. The molecular weight excluding hydrogens is 312 g/mol. The summed E-state index contributed by atoms with van der Waals surface area (Å²) >= 11 is 3.39. The molecule has 0 saturated heterocycles. The molecule has 0 bridgehead atoms. The first kappa shape index (κ1) is 15.7. The number of carboxylic acid groups (broad SMARTS) is 1. The van der Waals surface area contributed by atoms with Crippen LogP contribution in [0.25, 0.3) is 6.08 Å². The van der Waals surface area contributed by atoms with E-state index in [1.807, 2.05) is 26.0 Å². The van der Waals surface area contributed by atoms with Crippen LogP contribution in [0.2, 0.25) is 0 Å². The number of carbonyl (C=O) groups is 1. The van der Waals surface area contributed by atoms with Gasteiger partial charge in [-0.1, -0.05) is 12.1 Å². The largest absolute Gasteiger partial charge is 0.489 e. The Balaban J connectivity index is 2.72. The van der Waals surface area contributed by atoms with Gasteiger partial charge in [0.15, 0.2) is 0 Å². The molecule has 0 fully saturated rings. The third-order valence-corrected chi connectivity index (χ3v) is 2.81. The Hall–Kier alpha value is -1.33. The predicted molar refractivity (Wildman–Crippen MR) is 77.4 cm³/mol. The number of carboxylic acids is 1. The lowest BCUT2D eigenvalue weighted by atomic mass is 10.2. The summed E-state index contributed by atoms with van der Waals surface area (Å²) in [6.45, 7) is 4.81. The van der Waals surface area contributed by atoms with Crippen molar-refractivity contribution >= 4 is 28.0 Å². The number of para-hydroxylation sites is 1. The molecule has 0 amide bonds. The third-order valence-electron chi connectivity index (χ3n) is 2.18. The first-order valence-electron chi connectivity index (χ1n) is 5.94. The van der Waals surface area contributed by atoms with Gasteiger partial charge in [-0.3, -0.25) is 0 Å². The Bertz CT molecular complexity index is 455. The highest BCUT2D eigenvalue weighted by Gasteiger charge is 2.06. The molecular formula is C14H17BrO4. The van der Waals surface area contributed by atoms with E-state index in [2.05, 4.69) is 15.9 Å². The van der Waals surface area contributed by atoms with E-state index in [1.165, 1.54) is 6.08 Å². The fraction of sp³-hybridized carbons (Fsp3) is 0.357. The maximum absolute atomic E-state index is 10.5. The summed E-state index contributed by atoms with van der Waals surface area (Å²) in [7, 11) is 0. The zero-order valence-electron chi connectivity index (χ0n) is 10.9. The molecule has 0 aliphatic rings. The summed E-state index contributed by atoms with van der Waals surface area (Å²) < 4.78 is 11.8. The van der Waals surface area contributed by atoms with Gasteiger partial charge in [0.05, 0.1) is 17.2 Å². The SMILES string of the molecule is CC(C)OCCOc1c(Br)cccc1C=CC(=O)O. The molecule has 0 aliphatic carbocycles. The van der Waals surface area contributed by atoms with Crippen LogP contribution in [-0.2, 0) is 9.53 Å². The molecule has 0 radical (unpaired) electrons. The van der Waals surface area contributed by atoms with Gasteiger partial charge >= 0.3 is 5.97 Å². The second kappa shape index (κ2) is 7.96. The summed E-state index contributed by atoms with van der Waals surface area (Å²) in [6, 6.07) is 5.46. The van der Waals surface area contributed by atoms with Crippen LogP contribution < -0.4 is 4.74 Å². The van der Waals surface area contributed by atoms with Gasteiger partial charge in [0.25, 0.3) is 0 Å². The van der Waals surface area contributed by atoms with Crippen LogP contribution in [0.4, 0.5) is 0 Å². The quantitative estimate of drug-likeness (QED) is 0.616. The molecule has 0 aromatic heterocycles. The van der Waals surface area contributed by atoms with Crippen LogP contribution in [0.3, 0.4) is 0 Å². The zero-order chi connectivity index (χ0) is 14.3. The van der Waals surface area contributed by atoms with E-state index >= 15 is 0 Å². The molecule has 0 atom stereocenters. The fourth-order valence-electron chi connectivity index (χ4n) is 1.40. The van der Waals surface area contributed by atoms with Crippen molar-refractivity contribution in [1.82, 2.24) is 0 Å². The second-order valence-corrected chi connectivity index (χ2v) is 4.95. The summed E-state index contributed by atoms with van der Waals surface area (Å²) in [5.74, 6) is -0.374. The molecule has 5 heteroatoms. The van der Waals surface area contributed by atoms with Crippen LogP contribution in [0, 0.1) is 0 Å². The number of ether oxygens (including phenoxy) is 2. The highest BCUT2D eigenvalue weighted by Crippen LogP contribution is 2.30. The zero-order valence-corrected chi connectivity index (χ0v) is 12.5. The van der Waals surface area contributed by atoms with E-state index in [1.54, 1.807) is 6.07 Å². The molecule has 19 heavy (non-hydrogen) atoms. The van der Waals surface area contributed by atoms with Crippen molar-refractivity contribution in [3.63, 3.8) is 0 Å². The summed E-state index contributed by atoms with van der Waals surface area (Å²) in [5.41, 5.74) is 0.710. The molecule has 1 rings (SSSR count). The molecule has 0 aliphatic heterocycles. The topological polar surface area (TPSA) is 55.8 Å². The van der Waals surface area contributed by atoms with Gasteiger partial charge < -0.3 is 14.6 Å². The standard InChI is InChI=1S/C14H17BrO4/c1-10(2)18-8-9-19-14-11(6-7-13(16)17)4-3-5-12(14)15/h3-7,10H,8-9H2,1-2H3,(H,16,17). The van der Waals surface area contributed by atoms with E-state index in [0.717, 1.165) is 10.5 Å². The molecule has 0 heterocycles. The molecule has 1 aromatic rings. The van der Waals surface area contributed by atoms with Crippen molar-refractivity contribution in [2.75, 3.05) is 13.2 Å². The number of benzene rings is 1. The van der Waals surface area contributed by atoms with Gasteiger partial charge in [0.1, 0.15) is 12.4 Å². The predicted octanol–water partition coefficient (Wildman–Crippen LogP) is 3.35. The number of halogens is 1. The van der Waals surface area contributed by atoms with Crippen LogP contribution in [0.5, 0.6) is 5.75 Å². The minimum atomic E-state index is -0.992. The van der Waals surface area contributed by atoms with Gasteiger partial charge in [-0.2, -0.15) is 0 Å². The number of hydrogen-bond acceptors (Lipinski definition) is 3. The van der Waals surface area contributed by atoms with E-state index < -0.39 is 5.97 Å². The van der Waals surface area contributed by atoms with Gasteiger partial charge in [-0.25, -0.2) is 4.79 Å². The summed E-state index contributed by atoms with van der Waals surface area (Å²) in [5, 5.41) is 8.65. The molecule has 1 aromatic carbocycles. The fourth-order valence-corrected chi connectivity index (χ4v) is 1.89. The Labute approximate surface area is 121 Å². The lowest BCUT2D eigenvalue weighted by Gasteiger charge is -2.12. The minimum Gasteiger partial charge on any atom is -0.489 e. The Kier molecular flexibility index (Phi) is 6.59. The van der Waals surface area contributed by atoms with Crippen molar-refractivity contribution in [1.29, 1.82) is 0 Å². The summed E-state index contributed by atoms with van der Waals surface area (Å²) in [4.78, 5) is 10.5. The van der Waals surface area contributed by atoms with Crippen molar-refractivity contribution < 1.29 is 19.4 Å². The Morgan fingerprint density at radius 3 is 2.79 bits per heavy atom. The van der Waals surface area contributed by atoms with Crippen molar-refractivity contribution in [2.24, 2.45) is 0 Å². The lowest BCUT2D eigenvalue weighted by Crippen LogP contribution is -2.11. The van der Waals surface area contributed by atoms with Gasteiger partial charge in [-0.15, -0.1) is 0 Å². The monoisotopic (exact) mass is 328 g/mol. The van der Waals surface area contributed by atoms with Crippen LogP contribution in [-0.4, -0.2) is 30.4 Å². The summed E-state index contributed by atoms with van der Waals surface area (Å²) in [6.07, 6.45) is 2.75. The third kappa shape index (κ3) is 5.89. The van der Waals surface area contributed by atoms with Crippen molar-refractivity contribution in [3.05, 3.63) is 34.3 Å². The van der Waals surface area contributed by atoms with Crippen LogP contribution in [0.15, 0.2) is 28.7 Å². The van der Waals surface area contributed by atoms with E-state index in [9.17, 15) is 4.79 Å². The first-order chi connectivity index (χ1) is 9.00. The molecule has 0 unspecified atom stereocenters.